The number of benzene rings is 1. The fourth-order valence-corrected chi connectivity index (χ4v) is 2.65. The van der Waals surface area contributed by atoms with E-state index in [4.69, 9.17) is 9.47 Å². The van der Waals surface area contributed by atoms with Crippen LogP contribution < -0.4 is 14.8 Å². The summed E-state index contributed by atoms with van der Waals surface area (Å²) in [6.45, 7) is 0.606. The lowest BCUT2D eigenvalue weighted by Crippen LogP contribution is -2.41. The van der Waals surface area contributed by atoms with Crippen LogP contribution in [0.5, 0.6) is 17.2 Å². The molecule has 0 saturated heterocycles. The van der Waals surface area contributed by atoms with Crippen molar-refractivity contribution in [2.75, 3.05) is 14.2 Å². The summed E-state index contributed by atoms with van der Waals surface area (Å²) < 4.78 is 10.3. The molecule has 1 aliphatic rings. The molecule has 5 heteroatoms. The van der Waals surface area contributed by atoms with Gasteiger partial charge in [0.05, 0.1) is 20.3 Å². The van der Waals surface area contributed by atoms with Crippen molar-refractivity contribution in [3.05, 3.63) is 17.7 Å². The maximum atomic E-state index is 9.94. The van der Waals surface area contributed by atoms with Gasteiger partial charge in [0.2, 0.25) is 5.75 Å². The molecule has 112 valence electrons. The molecule has 1 aromatic carbocycles. The summed E-state index contributed by atoms with van der Waals surface area (Å²) in [6.07, 6.45) is 3.83. The maximum absolute atomic E-state index is 9.94. The molecule has 5 nitrogen and oxygen atoms in total. The van der Waals surface area contributed by atoms with Gasteiger partial charge in [0.1, 0.15) is 0 Å². The maximum Gasteiger partial charge on any atom is 0.200 e. The first-order valence-corrected chi connectivity index (χ1v) is 7.01. The van der Waals surface area contributed by atoms with E-state index in [2.05, 4.69) is 5.32 Å². The molecule has 0 heterocycles. The predicted octanol–water partition coefficient (Wildman–Crippen LogP) is 1.80. The van der Waals surface area contributed by atoms with Crippen LogP contribution in [0.4, 0.5) is 0 Å². The molecule has 20 heavy (non-hydrogen) atoms. The van der Waals surface area contributed by atoms with Gasteiger partial charge < -0.3 is 25.0 Å². The summed E-state index contributed by atoms with van der Waals surface area (Å²) in [4.78, 5) is 0. The second-order valence-electron chi connectivity index (χ2n) is 5.19. The van der Waals surface area contributed by atoms with Crippen LogP contribution in [0.25, 0.3) is 0 Å². The van der Waals surface area contributed by atoms with Gasteiger partial charge in [-0.05, 0) is 30.5 Å². The van der Waals surface area contributed by atoms with E-state index < -0.39 is 0 Å². The Morgan fingerprint density at radius 1 is 1.15 bits per heavy atom. The molecule has 0 bridgehead atoms. The van der Waals surface area contributed by atoms with E-state index in [0.717, 1.165) is 31.2 Å². The van der Waals surface area contributed by atoms with Gasteiger partial charge in [-0.1, -0.05) is 12.8 Å². The van der Waals surface area contributed by atoms with Gasteiger partial charge >= 0.3 is 0 Å². The van der Waals surface area contributed by atoms with Crippen molar-refractivity contribution in [2.45, 2.75) is 44.4 Å². The van der Waals surface area contributed by atoms with E-state index >= 15 is 0 Å². The van der Waals surface area contributed by atoms with Gasteiger partial charge in [-0.3, -0.25) is 0 Å². The third-order valence-corrected chi connectivity index (χ3v) is 3.84. The predicted molar refractivity (Wildman–Crippen MR) is 76.3 cm³/mol. The smallest absolute Gasteiger partial charge is 0.200 e. The number of hydrogen-bond donors (Lipinski definition) is 3. The average molecular weight is 281 g/mol. The third-order valence-electron chi connectivity index (χ3n) is 3.84. The Labute approximate surface area is 119 Å². The molecule has 0 amide bonds. The number of aromatic hydroxyl groups is 1. The van der Waals surface area contributed by atoms with Gasteiger partial charge in [-0.25, -0.2) is 0 Å². The first-order valence-electron chi connectivity index (χ1n) is 7.01. The van der Waals surface area contributed by atoms with Crippen LogP contribution in [-0.2, 0) is 6.54 Å². The molecule has 1 aromatic rings. The summed E-state index contributed by atoms with van der Waals surface area (Å²) in [7, 11) is 3.02. The Balaban J connectivity index is 2.05. The standard InChI is InChI=1S/C15H23NO4/c1-19-13-7-10(8-14(20-2)15(13)18)9-16-11-5-3-4-6-12(11)17/h7-8,11-12,16-18H,3-6,9H2,1-2H3. The summed E-state index contributed by atoms with van der Waals surface area (Å²) in [6, 6.07) is 3.69. The first-order chi connectivity index (χ1) is 9.65. The summed E-state index contributed by atoms with van der Waals surface area (Å²) >= 11 is 0. The summed E-state index contributed by atoms with van der Waals surface area (Å²) in [5.74, 6) is 0.798. The molecular weight excluding hydrogens is 258 g/mol. The van der Waals surface area contributed by atoms with E-state index in [0.29, 0.717) is 18.0 Å². The SMILES string of the molecule is COc1cc(CNC2CCCCC2O)cc(OC)c1O. The quantitative estimate of drug-likeness (QED) is 0.767. The van der Waals surface area contributed by atoms with Crippen LogP contribution in [0.1, 0.15) is 31.2 Å². The van der Waals surface area contributed by atoms with Gasteiger partial charge in [0, 0.05) is 12.6 Å². The molecule has 0 aromatic heterocycles. The molecular formula is C15H23NO4. The van der Waals surface area contributed by atoms with Gasteiger partial charge in [-0.2, -0.15) is 0 Å². The van der Waals surface area contributed by atoms with Crippen LogP contribution in [0.15, 0.2) is 12.1 Å². The van der Waals surface area contributed by atoms with Crippen molar-refractivity contribution in [3.63, 3.8) is 0 Å². The molecule has 1 fully saturated rings. The van der Waals surface area contributed by atoms with Crippen LogP contribution in [0, 0.1) is 0 Å². The molecule has 2 unspecified atom stereocenters. The van der Waals surface area contributed by atoms with Crippen molar-refractivity contribution in [3.8, 4) is 17.2 Å². The van der Waals surface area contributed by atoms with Crippen molar-refractivity contribution in [1.29, 1.82) is 0 Å². The number of phenolic OH excluding ortho intramolecular Hbond substituents is 1. The number of nitrogens with one attached hydrogen (secondary N) is 1. The number of methoxy groups -OCH3 is 2. The van der Waals surface area contributed by atoms with Gasteiger partial charge in [0.15, 0.2) is 11.5 Å². The van der Waals surface area contributed by atoms with Crippen LogP contribution in [-0.4, -0.2) is 36.6 Å². The lowest BCUT2D eigenvalue weighted by atomic mass is 9.92. The van der Waals surface area contributed by atoms with Crippen molar-refractivity contribution >= 4 is 0 Å². The number of rotatable bonds is 5. The lowest BCUT2D eigenvalue weighted by molar-refractivity contribution is 0.0902. The zero-order valence-electron chi connectivity index (χ0n) is 12.1. The topological polar surface area (TPSA) is 71.0 Å². The molecule has 0 spiro atoms. The molecule has 1 saturated carbocycles. The molecule has 0 aliphatic heterocycles. The fourth-order valence-electron chi connectivity index (χ4n) is 2.65. The molecule has 2 rings (SSSR count). The second kappa shape index (κ2) is 6.81. The van der Waals surface area contributed by atoms with E-state index in [1.54, 1.807) is 12.1 Å². The second-order valence-corrected chi connectivity index (χ2v) is 5.19. The molecule has 3 N–H and O–H groups in total. The molecule has 0 radical (unpaired) electrons. The number of aliphatic hydroxyl groups is 1. The first kappa shape index (κ1) is 14.9. The number of phenols is 1. The van der Waals surface area contributed by atoms with Crippen molar-refractivity contribution in [2.24, 2.45) is 0 Å². The Morgan fingerprint density at radius 3 is 2.30 bits per heavy atom. The highest BCUT2D eigenvalue weighted by atomic mass is 16.5. The highest BCUT2D eigenvalue weighted by molar-refractivity contribution is 5.52. The number of aliphatic hydroxyl groups excluding tert-OH is 1. The van der Waals surface area contributed by atoms with E-state index in [1.807, 2.05) is 0 Å². The summed E-state index contributed by atoms with van der Waals surface area (Å²) in [5.41, 5.74) is 0.953. The van der Waals surface area contributed by atoms with Gasteiger partial charge in [0.25, 0.3) is 0 Å². The normalized spacial score (nSPS) is 22.6. The minimum Gasteiger partial charge on any atom is -0.502 e. The van der Waals surface area contributed by atoms with Crippen molar-refractivity contribution in [1.82, 2.24) is 5.32 Å². The zero-order valence-corrected chi connectivity index (χ0v) is 12.1. The highest BCUT2D eigenvalue weighted by Gasteiger charge is 2.22. The average Bonchev–Trinajstić information content (AvgIpc) is 2.47. The van der Waals surface area contributed by atoms with E-state index in [1.165, 1.54) is 14.2 Å². The Morgan fingerprint density at radius 2 is 1.75 bits per heavy atom. The van der Waals surface area contributed by atoms with Crippen molar-refractivity contribution < 1.29 is 19.7 Å². The minimum absolute atomic E-state index is 0.0106. The Bertz CT molecular complexity index is 424. The molecule has 1 aliphatic carbocycles. The highest BCUT2D eigenvalue weighted by Crippen LogP contribution is 2.37. The van der Waals surface area contributed by atoms with E-state index in [-0.39, 0.29) is 17.9 Å². The zero-order chi connectivity index (χ0) is 14.5. The van der Waals surface area contributed by atoms with E-state index in [9.17, 15) is 10.2 Å². The van der Waals surface area contributed by atoms with Crippen LogP contribution >= 0.6 is 0 Å². The minimum atomic E-state index is -0.273. The largest absolute Gasteiger partial charge is 0.502 e. The number of hydrogen-bond acceptors (Lipinski definition) is 5. The third kappa shape index (κ3) is 3.35. The fraction of sp³-hybridized carbons (Fsp3) is 0.600. The summed E-state index contributed by atoms with van der Waals surface area (Å²) in [5, 5.41) is 23.2. The number of ether oxygens (including phenoxy) is 2. The van der Waals surface area contributed by atoms with Crippen LogP contribution in [0.3, 0.4) is 0 Å². The van der Waals surface area contributed by atoms with Gasteiger partial charge in [-0.15, -0.1) is 0 Å². The lowest BCUT2D eigenvalue weighted by Gasteiger charge is -2.28. The molecule has 2 atom stereocenters. The Kier molecular flexibility index (Phi) is 5.09. The van der Waals surface area contributed by atoms with Crippen LogP contribution in [0.2, 0.25) is 0 Å². The Hall–Kier alpha value is -1.46. The monoisotopic (exact) mass is 281 g/mol.